The molecule has 3 aromatic rings. The van der Waals surface area contributed by atoms with Crippen LogP contribution in [0.3, 0.4) is 0 Å². The van der Waals surface area contributed by atoms with E-state index in [0.29, 0.717) is 29.3 Å². The highest BCUT2D eigenvalue weighted by atomic mass is 16.5. The number of hydrogen-bond acceptors (Lipinski definition) is 3. The van der Waals surface area contributed by atoms with Crippen molar-refractivity contribution in [2.75, 3.05) is 17.2 Å². The Bertz CT molecular complexity index is 938. The Morgan fingerprint density at radius 1 is 0.786 bits per heavy atom. The fraction of sp³-hybridized carbons (Fsp3) is 0.130. The molecule has 0 saturated carbocycles. The zero-order chi connectivity index (χ0) is 19.8. The van der Waals surface area contributed by atoms with E-state index in [1.807, 2.05) is 36.4 Å². The quantitative estimate of drug-likeness (QED) is 0.639. The van der Waals surface area contributed by atoms with Gasteiger partial charge in [-0.2, -0.15) is 0 Å². The largest absolute Gasteiger partial charge is 0.492 e. The molecule has 0 heterocycles. The van der Waals surface area contributed by atoms with Gasteiger partial charge in [-0.3, -0.25) is 9.59 Å². The Kier molecular flexibility index (Phi) is 6.41. The zero-order valence-corrected chi connectivity index (χ0v) is 15.6. The number of benzene rings is 3. The second-order valence-corrected chi connectivity index (χ2v) is 6.29. The molecule has 0 aromatic heterocycles. The smallest absolute Gasteiger partial charge is 0.259 e. The molecule has 0 aliphatic carbocycles. The van der Waals surface area contributed by atoms with Gasteiger partial charge in [0.05, 0.1) is 12.2 Å². The van der Waals surface area contributed by atoms with E-state index < -0.39 is 0 Å². The van der Waals surface area contributed by atoms with E-state index in [4.69, 9.17) is 4.74 Å². The summed E-state index contributed by atoms with van der Waals surface area (Å²) in [6, 6.07) is 24.2. The van der Waals surface area contributed by atoms with E-state index in [2.05, 4.69) is 10.6 Å². The maximum atomic E-state index is 12.7. The number of rotatable bonds is 7. The van der Waals surface area contributed by atoms with Crippen molar-refractivity contribution in [1.82, 2.24) is 0 Å². The fourth-order valence-corrected chi connectivity index (χ4v) is 2.74. The molecule has 3 aromatic carbocycles. The average Bonchev–Trinajstić information content (AvgIpc) is 2.70. The molecule has 0 saturated heterocycles. The molecule has 28 heavy (non-hydrogen) atoms. The van der Waals surface area contributed by atoms with E-state index in [9.17, 15) is 9.59 Å². The van der Waals surface area contributed by atoms with Crippen molar-refractivity contribution in [2.45, 2.75) is 13.3 Å². The summed E-state index contributed by atoms with van der Waals surface area (Å²) < 4.78 is 5.85. The minimum absolute atomic E-state index is 0.140. The summed E-state index contributed by atoms with van der Waals surface area (Å²) in [6.07, 6.45) is 0.765. The Morgan fingerprint density at radius 3 is 2.07 bits per heavy atom. The summed E-state index contributed by atoms with van der Waals surface area (Å²) in [7, 11) is 0. The van der Waals surface area contributed by atoms with Gasteiger partial charge in [0, 0.05) is 24.7 Å². The van der Waals surface area contributed by atoms with Gasteiger partial charge in [-0.1, -0.05) is 42.5 Å². The van der Waals surface area contributed by atoms with Gasteiger partial charge in [-0.05, 0) is 42.0 Å². The third kappa shape index (κ3) is 5.45. The maximum Gasteiger partial charge on any atom is 0.259 e. The highest BCUT2D eigenvalue weighted by Crippen LogP contribution is 2.21. The monoisotopic (exact) mass is 374 g/mol. The molecule has 0 spiro atoms. The predicted molar refractivity (Wildman–Crippen MR) is 111 cm³/mol. The first-order valence-electron chi connectivity index (χ1n) is 9.06. The SMILES string of the molecule is CC(=O)Nc1ccc(NC(=O)c2ccccc2OCCc2ccccc2)cc1. The zero-order valence-electron chi connectivity index (χ0n) is 15.6. The molecule has 2 amide bonds. The summed E-state index contributed by atoms with van der Waals surface area (Å²) in [5.74, 6) is 0.159. The first-order chi connectivity index (χ1) is 13.6. The summed E-state index contributed by atoms with van der Waals surface area (Å²) in [4.78, 5) is 23.8. The second-order valence-electron chi connectivity index (χ2n) is 6.29. The van der Waals surface area contributed by atoms with Crippen molar-refractivity contribution >= 4 is 23.2 Å². The van der Waals surface area contributed by atoms with Gasteiger partial charge in [0.15, 0.2) is 0 Å². The number of carbonyl (C=O) groups excluding carboxylic acids is 2. The first-order valence-corrected chi connectivity index (χ1v) is 9.06. The van der Waals surface area contributed by atoms with Crippen LogP contribution in [0.1, 0.15) is 22.8 Å². The molecule has 0 bridgehead atoms. The van der Waals surface area contributed by atoms with Crippen LogP contribution in [0.4, 0.5) is 11.4 Å². The Hall–Kier alpha value is -3.60. The summed E-state index contributed by atoms with van der Waals surface area (Å²) in [5.41, 5.74) is 2.97. The van der Waals surface area contributed by atoms with Gasteiger partial charge >= 0.3 is 0 Å². The topological polar surface area (TPSA) is 67.4 Å². The normalized spacial score (nSPS) is 10.2. The standard InChI is InChI=1S/C23H22N2O3/c1-17(26)24-19-11-13-20(14-12-19)25-23(27)21-9-5-6-10-22(21)28-16-15-18-7-3-2-4-8-18/h2-14H,15-16H2,1H3,(H,24,26)(H,25,27). The van der Waals surface area contributed by atoms with Crippen LogP contribution in [-0.4, -0.2) is 18.4 Å². The van der Waals surface area contributed by atoms with Gasteiger partial charge in [0.1, 0.15) is 5.75 Å². The van der Waals surface area contributed by atoms with E-state index in [1.165, 1.54) is 12.5 Å². The number of para-hydroxylation sites is 1. The number of hydrogen-bond donors (Lipinski definition) is 2. The van der Waals surface area contributed by atoms with Crippen molar-refractivity contribution < 1.29 is 14.3 Å². The Morgan fingerprint density at radius 2 is 1.39 bits per heavy atom. The molecule has 2 N–H and O–H groups in total. The van der Waals surface area contributed by atoms with Crippen molar-refractivity contribution in [3.63, 3.8) is 0 Å². The van der Waals surface area contributed by atoms with Crippen LogP contribution in [0.2, 0.25) is 0 Å². The summed E-state index contributed by atoms with van der Waals surface area (Å²) in [6.45, 7) is 1.93. The van der Waals surface area contributed by atoms with Gasteiger partial charge in [0.25, 0.3) is 5.91 Å². The molecule has 0 fully saturated rings. The van der Waals surface area contributed by atoms with Crippen molar-refractivity contribution in [3.05, 3.63) is 90.0 Å². The molecule has 3 rings (SSSR count). The van der Waals surface area contributed by atoms with Crippen LogP contribution in [0.25, 0.3) is 0 Å². The third-order valence-corrected chi connectivity index (χ3v) is 4.09. The lowest BCUT2D eigenvalue weighted by molar-refractivity contribution is -0.114. The molecule has 5 heteroatoms. The van der Waals surface area contributed by atoms with Crippen LogP contribution in [0.15, 0.2) is 78.9 Å². The maximum absolute atomic E-state index is 12.7. The molecule has 0 radical (unpaired) electrons. The third-order valence-electron chi connectivity index (χ3n) is 4.09. The number of ether oxygens (including phenoxy) is 1. The molecular formula is C23H22N2O3. The van der Waals surface area contributed by atoms with Crippen LogP contribution in [-0.2, 0) is 11.2 Å². The van der Waals surface area contributed by atoms with Gasteiger partial charge in [0.2, 0.25) is 5.91 Å². The van der Waals surface area contributed by atoms with Gasteiger partial charge in [-0.25, -0.2) is 0 Å². The predicted octanol–water partition coefficient (Wildman–Crippen LogP) is 4.52. The lowest BCUT2D eigenvalue weighted by Crippen LogP contribution is -2.14. The number of amides is 2. The lowest BCUT2D eigenvalue weighted by atomic mass is 10.1. The minimum atomic E-state index is -0.248. The molecule has 0 aliphatic heterocycles. The van der Waals surface area contributed by atoms with Crippen LogP contribution >= 0.6 is 0 Å². The molecule has 142 valence electrons. The summed E-state index contributed by atoms with van der Waals surface area (Å²) in [5, 5.41) is 5.55. The van der Waals surface area contributed by atoms with E-state index in [1.54, 1.807) is 42.5 Å². The highest BCUT2D eigenvalue weighted by molar-refractivity contribution is 6.06. The number of nitrogens with one attached hydrogen (secondary N) is 2. The average molecular weight is 374 g/mol. The Labute approximate surface area is 164 Å². The lowest BCUT2D eigenvalue weighted by Gasteiger charge is -2.12. The molecule has 5 nitrogen and oxygen atoms in total. The molecule has 0 unspecified atom stereocenters. The minimum Gasteiger partial charge on any atom is -0.492 e. The first kappa shape index (κ1) is 19.2. The van der Waals surface area contributed by atoms with E-state index in [0.717, 1.165) is 6.42 Å². The van der Waals surface area contributed by atoms with Crippen molar-refractivity contribution in [2.24, 2.45) is 0 Å². The molecule has 0 atom stereocenters. The highest BCUT2D eigenvalue weighted by Gasteiger charge is 2.12. The molecule has 0 aliphatic rings. The van der Waals surface area contributed by atoms with E-state index in [-0.39, 0.29) is 11.8 Å². The summed E-state index contributed by atoms with van der Waals surface area (Å²) >= 11 is 0. The number of anilines is 2. The fourth-order valence-electron chi connectivity index (χ4n) is 2.74. The van der Waals surface area contributed by atoms with Crippen LogP contribution in [0.5, 0.6) is 5.75 Å². The van der Waals surface area contributed by atoms with Crippen LogP contribution < -0.4 is 15.4 Å². The van der Waals surface area contributed by atoms with E-state index >= 15 is 0 Å². The number of carbonyl (C=O) groups is 2. The van der Waals surface area contributed by atoms with Gasteiger partial charge in [-0.15, -0.1) is 0 Å². The Balaban J connectivity index is 1.62. The van der Waals surface area contributed by atoms with Gasteiger partial charge < -0.3 is 15.4 Å². The second kappa shape index (κ2) is 9.37. The van der Waals surface area contributed by atoms with Crippen molar-refractivity contribution in [3.8, 4) is 5.75 Å². The van der Waals surface area contributed by atoms with Crippen LogP contribution in [0, 0.1) is 0 Å². The van der Waals surface area contributed by atoms with Crippen molar-refractivity contribution in [1.29, 1.82) is 0 Å². The molecular weight excluding hydrogens is 352 g/mol.